The standard InChI is InChI=1S/C15H11NO6/c17-14(18)11-2-1-3-12(8-11)15(19)22-9-10-4-6-13(7-5-10)16(20)21/h1-8H,9H2,(H,17,18). The Morgan fingerprint density at radius 2 is 1.73 bits per heavy atom. The van der Waals surface area contributed by atoms with Gasteiger partial charge in [-0.1, -0.05) is 6.07 Å². The molecule has 0 fully saturated rings. The molecule has 7 nitrogen and oxygen atoms in total. The van der Waals surface area contributed by atoms with Gasteiger partial charge >= 0.3 is 11.9 Å². The summed E-state index contributed by atoms with van der Waals surface area (Å²) in [4.78, 5) is 32.7. The molecule has 0 atom stereocenters. The van der Waals surface area contributed by atoms with Gasteiger partial charge in [0.1, 0.15) is 6.61 Å². The van der Waals surface area contributed by atoms with E-state index >= 15 is 0 Å². The highest BCUT2D eigenvalue weighted by molar-refractivity contribution is 5.94. The number of hydrogen-bond acceptors (Lipinski definition) is 5. The predicted octanol–water partition coefficient (Wildman–Crippen LogP) is 2.65. The van der Waals surface area contributed by atoms with Crippen molar-refractivity contribution in [2.75, 3.05) is 0 Å². The molecule has 0 radical (unpaired) electrons. The smallest absolute Gasteiger partial charge is 0.338 e. The van der Waals surface area contributed by atoms with Crippen molar-refractivity contribution in [3.05, 3.63) is 75.3 Å². The topological polar surface area (TPSA) is 107 Å². The summed E-state index contributed by atoms with van der Waals surface area (Å²) < 4.78 is 5.05. The van der Waals surface area contributed by atoms with Gasteiger partial charge in [0.05, 0.1) is 16.1 Å². The van der Waals surface area contributed by atoms with Crippen LogP contribution in [0.25, 0.3) is 0 Å². The van der Waals surface area contributed by atoms with Crippen molar-refractivity contribution in [3.8, 4) is 0 Å². The largest absolute Gasteiger partial charge is 0.478 e. The van der Waals surface area contributed by atoms with Gasteiger partial charge in [0.2, 0.25) is 0 Å². The zero-order valence-electron chi connectivity index (χ0n) is 11.3. The Bertz CT molecular complexity index is 723. The number of carbonyl (C=O) groups excluding carboxylic acids is 1. The third-order valence-electron chi connectivity index (χ3n) is 2.86. The van der Waals surface area contributed by atoms with Crippen molar-refractivity contribution in [2.24, 2.45) is 0 Å². The first-order chi connectivity index (χ1) is 10.5. The van der Waals surface area contributed by atoms with E-state index < -0.39 is 16.9 Å². The van der Waals surface area contributed by atoms with Gasteiger partial charge in [-0.2, -0.15) is 0 Å². The molecule has 1 N–H and O–H groups in total. The summed E-state index contributed by atoms with van der Waals surface area (Å²) in [7, 11) is 0. The maximum atomic E-state index is 11.8. The highest BCUT2D eigenvalue weighted by Gasteiger charge is 2.11. The van der Waals surface area contributed by atoms with Gasteiger partial charge in [-0.3, -0.25) is 10.1 Å². The number of aromatic carboxylic acids is 1. The van der Waals surface area contributed by atoms with E-state index in [-0.39, 0.29) is 23.4 Å². The van der Waals surface area contributed by atoms with Crippen LogP contribution >= 0.6 is 0 Å². The number of nitro groups is 1. The van der Waals surface area contributed by atoms with E-state index in [4.69, 9.17) is 9.84 Å². The maximum Gasteiger partial charge on any atom is 0.338 e. The lowest BCUT2D eigenvalue weighted by Crippen LogP contribution is -2.07. The van der Waals surface area contributed by atoms with Gasteiger partial charge in [-0.05, 0) is 35.9 Å². The molecule has 0 bridgehead atoms. The van der Waals surface area contributed by atoms with Crippen LogP contribution in [0.2, 0.25) is 0 Å². The fourth-order valence-electron chi connectivity index (χ4n) is 1.73. The summed E-state index contributed by atoms with van der Waals surface area (Å²) in [5, 5.41) is 19.4. The summed E-state index contributed by atoms with van der Waals surface area (Å²) in [6.45, 7) is -0.0614. The molecular formula is C15H11NO6. The average Bonchev–Trinajstić information content (AvgIpc) is 2.53. The van der Waals surface area contributed by atoms with E-state index in [2.05, 4.69) is 0 Å². The van der Waals surface area contributed by atoms with Gasteiger partial charge in [-0.15, -0.1) is 0 Å². The molecule has 0 aliphatic rings. The summed E-state index contributed by atoms with van der Waals surface area (Å²) in [6.07, 6.45) is 0. The average molecular weight is 301 g/mol. The van der Waals surface area contributed by atoms with Crippen LogP contribution in [-0.4, -0.2) is 22.0 Å². The van der Waals surface area contributed by atoms with Crippen LogP contribution in [0.15, 0.2) is 48.5 Å². The molecule has 2 rings (SSSR count). The number of nitrogens with zero attached hydrogens (tertiary/aromatic N) is 1. The fourth-order valence-corrected chi connectivity index (χ4v) is 1.73. The highest BCUT2D eigenvalue weighted by atomic mass is 16.6. The van der Waals surface area contributed by atoms with E-state index in [1.807, 2.05) is 0 Å². The normalized spacial score (nSPS) is 10.0. The number of carboxylic acid groups (broad SMARTS) is 1. The van der Waals surface area contributed by atoms with Crippen LogP contribution in [-0.2, 0) is 11.3 Å². The second-order valence-corrected chi connectivity index (χ2v) is 4.39. The molecule has 2 aromatic carbocycles. The number of benzene rings is 2. The van der Waals surface area contributed by atoms with Gasteiger partial charge in [0.15, 0.2) is 0 Å². The lowest BCUT2D eigenvalue weighted by Gasteiger charge is -2.05. The Morgan fingerprint density at radius 1 is 1.09 bits per heavy atom. The lowest BCUT2D eigenvalue weighted by molar-refractivity contribution is -0.384. The highest BCUT2D eigenvalue weighted by Crippen LogP contribution is 2.14. The number of carboxylic acids is 1. The molecular weight excluding hydrogens is 290 g/mol. The number of nitro benzene ring substituents is 1. The van der Waals surface area contributed by atoms with Crippen LogP contribution < -0.4 is 0 Å². The van der Waals surface area contributed by atoms with Crippen molar-refractivity contribution in [1.82, 2.24) is 0 Å². The Kier molecular flexibility index (Phi) is 4.47. The number of hydrogen-bond donors (Lipinski definition) is 1. The minimum atomic E-state index is -1.13. The molecule has 7 heteroatoms. The second-order valence-electron chi connectivity index (χ2n) is 4.39. The van der Waals surface area contributed by atoms with E-state index in [1.54, 1.807) is 0 Å². The molecule has 0 spiro atoms. The van der Waals surface area contributed by atoms with Crippen LogP contribution in [0.1, 0.15) is 26.3 Å². The second kappa shape index (κ2) is 6.49. The van der Waals surface area contributed by atoms with Gasteiger partial charge in [0, 0.05) is 12.1 Å². The molecule has 0 saturated heterocycles. The third kappa shape index (κ3) is 3.66. The maximum absolute atomic E-state index is 11.8. The molecule has 0 aliphatic heterocycles. The molecule has 2 aromatic rings. The lowest BCUT2D eigenvalue weighted by atomic mass is 10.1. The zero-order chi connectivity index (χ0) is 16.1. The van der Waals surface area contributed by atoms with E-state index in [0.717, 1.165) is 0 Å². The van der Waals surface area contributed by atoms with E-state index in [9.17, 15) is 19.7 Å². The number of ether oxygens (including phenoxy) is 1. The number of esters is 1. The molecule has 0 saturated carbocycles. The summed E-state index contributed by atoms with van der Waals surface area (Å²) >= 11 is 0. The summed E-state index contributed by atoms with van der Waals surface area (Å²) in [5.41, 5.74) is 0.657. The molecule has 0 unspecified atom stereocenters. The van der Waals surface area contributed by atoms with Crippen LogP contribution in [0.4, 0.5) is 5.69 Å². The number of non-ortho nitro benzene ring substituents is 1. The van der Waals surface area contributed by atoms with Crippen molar-refractivity contribution in [2.45, 2.75) is 6.61 Å². The number of carbonyl (C=O) groups is 2. The van der Waals surface area contributed by atoms with Gasteiger partial charge in [0.25, 0.3) is 5.69 Å². The van der Waals surface area contributed by atoms with Crippen molar-refractivity contribution < 1.29 is 24.4 Å². The van der Waals surface area contributed by atoms with Gasteiger partial charge in [-0.25, -0.2) is 9.59 Å². The Morgan fingerprint density at radius 3 is 2.32 bits per heavy atom. The van der Waals surface area contributed by atoms with E-state index in [0.29, 0.717) is 5.56 Å². The first-order valence-electron chi connectivity index (χ1n) is 6.21. The minimum absolute atomic E-state index is 0.00946. The quantitative estimate of drug-likeness (QED) is 0.517. The predicted molar refractivity (Wildman–Crippen MR) is 75.6 cm³/mol. The van der Waals surface area contributed by atoms with Gasteiger partial charge < -0.3 is 9.84 Å². The van der Waals surface area contributed by atoms with Crippen molar-refractivity contribution >= 4 is 17.6 Å². The monoisotopic (exact) mass is 301 g/mol. The molecule has 0 aliphatic carbocycles. The van der Waals surface area contributed by atoms with Crippen LogP contribution in [0.5, 0.6) is 0 Å². The first-order valence-corrected chi connectivity index (χ1v) is 6.21. The SMILES string of the molecule is O=C(O)c1cccc(C(=O)OCc2ccc([N+](=O)[O-])cc2)c1. The number of rotatable bonds is 5. The molecule has 0 aromatic heterocycles. The molecule has 0 heterocycles. The summed E-state index contributed by atoms with van der Waals surface area (Å²) in [6, 6.07) is 11.1. The fraction of sp³-hybridized carbons (Fsp3) is 0.0667. The van der Waals surface area contributed by atoms with Crippen LogP contribution in [0.3, 0.4) is 0 Å². The van der Waals surface area contributed by atoms with E-state index in [1.165, 1.54) is 48.5 Å². The van der Waals surface area contributed by atoms with Crippen LogP contribution in [0, 0.1) is 10.1 Å². The Balaban J connectivity index is 2.02. The molecule has 0 amide bonds. The first kappa shape index (κ1) is 15.2. The third-order valence-corrected chi connectivity index (χ3v) is 2.86. The summed E-state index contributed by atoms with van der Waals surface area (Å²) in [5.74, 6) is -1.80. The zero-order valence-corrected chi connectivity index (χ0v) is 11.3. The molecule has 22 heavy (non-hydrogen) atoms. The minimum Gasteiger partial charge on any atom is -0.478 e. The molecule has 112 valence electrons. The van der Waals surface area contributed by atoms with Crippen molar-refractivity contribution in [1.29, 1.82) is 0 Å². The Hall–Kier alpha value is -3.22. The van der Waals surface area contributed by atoms with Crippen molar-refractivity contribution in [3.63, 3.8) is 0 Å². The Labute approximate surface area is 124 Å².